The molecule has 1 fully saturated rings. The first kappa shape index (κ1) is 9.55. The quantitative estimate of drug-likeness (QED) is 0.709. The number of halogens is 1. The van der Waals surface area contributed by atoms with Gasteiger partial charge in [0.15, 0.2) is 0 Å². The number of hydrogen-bond acceptors (Lipinski definition) is 2. The van der Waals surface area contributed by atoms with Crippen molar-refractivity contribution in [1.82, 2.24) is 15.1 Å². The summed E-state index contributed by atoms with van der Waals surface area (Å²) in [6, 6.07) is 0. The third kappa shape index (κ3) is 1.79. The molecule has 1 aliphatic heterocycles. The van der Waals surface area contributed by atoms with Crippen LogP contribution in [0.15, 0.2) is 12.4 Å². The predicted octanol–water partition coefficient (Wildman–Crippen LogP) is 0.919. The molecule has 1 unspecified atom stereocenters. The number of aromatic nitrogens is 2. The van der Waals surface area contributed by atoms with E-state index in [0.29, 0.717) is 5.92 Å². The van der Waals surface area contributed by atoms with E-state index in [1.807, 2.05) is 17.9 Å². The van der Waals surface area contributed by atoms with Gasteiger partial charge >= 0.3 is 0 Å². The van der Waals surface area contributed by atoms with Crippen molar-refractivity contribution in [1.29, 1.82) is 0 Å². The van der Waals surface area contributed by atoms with Gasteiger partial charge in [0.05, 0.1) is 6.20 Å². The van der Waals surface area contributed by atoms with Crippen molar-refractivity contribution in [3.63, 3.8) is 0 Å². The van der Waals surface area contributed by atoms with Gasteiger partial charge in [-0.15, -0.1) is 12.4 Å². The smallest absolute Gasteiger partial charge is 0.0524 e. The molecule has 2 heterocycles. The van der Waals surface area contributed by atoms with E-state index in [2.05, 4.69) is 16.6 Å². The highest BCUT2D eigenvalue weighted by molar-refractivity contribution is 5.85. The van der Waals surface area contributed by atoms with Crippen LogP contribution in [-0.4, -0.2) is 22.9 Å². The fraction of sp³-hybridized carbons (Fsp3) is 0.625. The van der Waals surface area contributed by atoms with E-state index in [0.717, 1.165) is 13.1 Å². The average Bonchev–Trinajstić information content (AvgIpc) is 2.55. The van der Waals surface area contributed by atoms with Crippen LogP contribution in [0, 0.1) is 0 Å². The standard InChI is InChI=1S/C8H13N3.ClH/c1-11-6-8(5-10-11)7-2-3-9-4-7;/h5-7,9H,2-4H2,1H3;1H. The lowest BCUT2D eigenvalue weighted by molar-refractivity contribution is 0.749. The molecule has 2 rings (SSSR count). The molecular weight excluding hydrogens is 174 g/mol. The first-order valence-corrected chi connectivity index (χ1v) is 4.05. The molecule has 1 N–H and O–H groups in total. The molecule has 0 spiro atoms. The Hall–Kier alpha value is -0.540. The van der Waals surface area contributed by atoms with Crippen molar-refractivity contribution < 1.29 is 0 Å². The molecule has 1 aliphatic rings. The maximum Gasteiger partial charge on any atom is 0.0524 e. The summed E-state index contributed by atoms with van der Waals surface area (Å²) in [6.07, 6.45) is 5.33. The summed E-state index contributed by atoms with van der Waals surface area (Å²) >= 11 is 0. The number of nitrogens with zero attached hydrogens (tertiary/aromatic N) is 2. The van der Waals surface area contributed by atoms with Crippen LogP contribution in [-0.2, 0) is 7.05 Å². The van der Waals surface area contributed by atoms with Gasteiger partial charge in [0.2, 0.25) is 0 Å². The van der Waals surface area contributed by atoms with E-state index in [1.54, 1.807) is 0 Å². The normalized spacial score (nSPS) is 22.2. The van der Waals surface area contributed by atoms with Crippen LogP contribution in [0.3, 0.4) is 0 Å². The minimum atomic E-state index is 0. The van der Waals surface area contributed by atoms with E-state index in [9.17, 15) is 0 Å². The number of hydrogen-bond donors (Lipinski definition) is 1. The average molecular weight is 188 g/mol. The molecular formula is C8H14ClN3. The Morgan fingerprint density at radius 1 is 1.67 bits per heavy atom. The molecule has 0 amide bonds. The fourth-order valence-electron chi connectivity index (χ4n) is 1.59. The third-order valence-corrected chi connectivity index (χ3v) is 2.26. The molecule has 3 nitrogen and oxygen atoms in total. The van der Waals surface area contributed by atoms with E-state index in [-0.39, 0.29) is 12.4 Å². The Morgan fingerprint density at radius 3 is 3.00 bits per heavy atom. The van der Waals surface area contributed by atoms with Crippen LogP contribution >= 0.6 is 12.4 Å². The molecule has 1 aromatic heterocycles. The lowest BCUT2D eigenvalue weighted by Gasteiger charge is -2.02. The molecule has 0 bridgehead atoms. The van der Waals surface area contributed by atoms with Crippen LogP contribution in [0.1, 0.15) is 17.9 Å². The van der Waals surface area contributed by atoms with Crippen LogP contribution in [0.25, 0.3) is 0 Å². The summed E-state index contributed by atoms with van der Waals surface area (Å²) in [5, 5.41) is 7.49. The molecule has 4 heteroatoms. The van der Waals surface area contributed by atoms with Crippen molar-refractivity contribution in [3.8, 4) is 0 Å². The van der Waals surface area contributed by atoms with Crippen molar-refractivity contribution in [2.24, 2.45) is 7.05 Å². The van der Waals surface area contributed by atoms with Crippen molar-refractivity contribution in [2.45, 2.75) is 12.3 Å². The summed E-state index contributed by atoms with van der Waals surface area (Å²) in [7, 11) is 1.96. The molecule has 0 aliphatic carbocycles. The molecule has 1 saturated heterocycles. The van der Waals surface area contributed by atoms with E-state index in [1.165, 1.54) is 12.0 Å². The number of aryl methyl sites for hydroxylation is 1. The van der Waals surface area contributed by atoms with Crippen molar-refractivity contribution in [3.05, 3.63) is 18.0 Å². The van der Waals surface area contributed by atoms with Crippen LogP contribution in [0.5, 0.6) is 0 Å². The Bertz CT molecular complexity index is 240. The van der Waals surface area contributed by atoms with Gasteiger partial charge in [-0.2, -0.15) is 5.10 Å². The third-order valence-electron chi connectivity index (χ3n) is 2.26. The highest BCUT2D eigenvalue weighted by Crippen LogP contribution is 2.20. The number of rotatable bonds is 1. The number of nitrogens with one attached hydrogen (secondary N) is 1. The minimum Gasteiger partial charge on any atom is -0.316 e. The Morgan fingerprint density at radius 2 is 2.50 bits per heavy atom. The van der Waals surface area contributed by atoms with Crippen LogP contribution in [0.2, 0.25) is 0 Å². The minimum absolute atomic E-state index is 0. The lowest BCUT2D eigenvalue weighted by atomic mass is 10.0. The van der Waals surface area contributed by atoms with Crippen LogP contribution in [0.4, 0.5) is 0 Å². The maximum atomic E-state index is 4.15. The largest absolute Gasteiger partial charge is 0.316 e. The zero-order valence-corrected chi connectivity index (χ0v) is 7.97. The van der Waals surface area contributed by atoms with Crippen LogP contribution < -0.4 is 5.32 Å². The summed E-state index contributed by atoms with van der Waals surface area (Å²) in [5.41, 5.74) is 1.37. The Kier molecular flexibility index (Phi) is 3.12. The predicted molar refractivity (Wildman–Crippen MR) is 50.7 cm³/mol. The van der Waals surface area contributed by atoms with Gasteiger partial charge in [-0.05, 0) is 18.5 Å². The van der Waals surface area contributed by atoms with Gasteiger partial charge in [-0.1, -0.05) is 0 Å². The van der Waals surface area contributed by atoms with Crippen molar-refractivity contribution >= 4 is 12.4 Å². The summed E-state index contributed by atoms with van der Waals surface area (Å²) in [5.74, 6) is 0.698. The molecule has 68 valence electrons. The van der Waals surface area contributed by atoms with Gasteiger partial charge in [-0.3, -0.25) is 4.68 Å². The first-order chi connectivity index (χ1) is 5.36. The Balaban J connectivity index is 0.000000720. The Labute approximate surface area is 78.6 Å². The van der Waals surface area contributed by atoms with Gasteiger partial charge in [0.1, 0.15) is 0 Å². The monoisotopic (exact) mass is 187 g/mol. The topological polar surface area (TPSA) is 29.9 Å². The molecule has 0 aromatic carbocycles. The molecule has 12 heavy (non-hydrogen) atoms. The maximum absolute atomic E-state index is 4.15. The van der Waals surface area contributed by atoms with Gasteiger partial charge in [-0.25, -0.2) is 0 Å². The molecule has 1 atom stereocenters. The molecule has 0 saturated carbocycles. The fourth-order valence-corrected chi connectivity index (χ4v) is 1.59. The first-order valence-electron chi connectivity index (χ1n) is 4.05. The highest BCUT2D eigenvalue weighted by atomic mass is 35.5. The van der Waals surface area contributed by atoms with E-state index >= 15 is 0 Å². The van der Waals surface area contributed by atoms with Crippen molar-refractivity contribution in [2.75, 3.05) is 13.1 Å². The second-order valence-corrected chi connectivity index (χ2v) is 3.14. The van der Waals surface area contributed by atoms with E-state index < -0.39 is 0 Å². The van der Waals surface area contributed by atoms with Gasteiger partial charge in [0.25, 0.3) is 0 Å². The second-order valence-electron chi connectivity index (χ2n) is 3.14. The zero-order valence-electron chi connectivity index (χ0n) is 7.16. The highest BCUT2D eigenvalue weighted by Gasteiger charge is 2.17. The summed E-state index contributed by atoms with van der Waals surface area (Å²) in [4.78, 5) is 0. The van der Waals surface area contributed by atoms with E-state index in [4.69, 9.17) is 0 Å². The summed E-state index contributed by atoms with van der Waals surface area (Å²) < 4.78 is 1.87. The zero-order chi connectivity index (χ0) is 7.68. The summed E-state index contributed by atoms with van der Waals surface area (Å²) in [6.45, 7) is 2.27. The molecule has 0 radical (unpaired) electrons. The lowest BCUT2D eigenvalue weighted by Crippen LogP contribution is -2.07. The SMILES string of the molecule is Cl.Cn1cc(C2CCNC2)cn1. The second kappa shape index (κ2) is 3.92. The molecule has 1 aromatic rings. The van der Waals surface area contributed by atoms with Gasteiger partial charge in [0, 0.05) is 25.7 Å². The van der Waals surface area contributed by atoms with Gasteiger partial charge < -0.3 is 5.32 Å².